The maximum atomic E-state index is 12.6. The van der Waals surface area contributed by atoms with Crippen molar-refractivity contribution in [2.24, 2.45) is 0 Å². The van der Waals surface area contributed by atoms with Crippen LogP contribution in [0.2, 0.25) is 0 Å². The molecule has 1 unspecified atom stereocenters. The molecule has 0 spiro atoms. The topological polar surface area (TPSA) is 46.6 Å². The molecule has 0 radical (unpaired) electrons. The van der Waals surface area contributed by atoms with E-state index in [1.165, 1.54) is 4.31 Å². The summed E-state index contributed by atoms with van der Waals surface area (Å²) in [5.41, 5.74) is 1.36. The summed E-state index contributed by atoms with van der Waals surface area (Å²) in [6.45, 7) is 7.93. The zero-order chi connectivity index (χ0) is 14.3. The normalized spacial score (nSPS) is 23.7. The molecule has 1 aliphatic rings. The molecule has 1 heterocycles. The second kappa shape index (κ2) is 4.89. The zero-order valence-electron chi connectivity index (χ0n) is 11.9. The van der Waals surface area contributed by atoms with E-state index in [2.05, 4.69) is 0 Å². The van der Waals surface area contributed by atoms with Crippen LogP contribution in [0, 0.1) is 6.92 Å². The lowest BCUT2D eigenvalue weighted by molar-refractivity contribution is 0.0843. The third-order valence-corrected chi connectivity index (χ3v) is 5.57. The molecule has 0 amide bonds. The van der Waals surface area contributed by atoms with Crippen LogP contribution in [-0.2, 0) is 20.5 Å². The van der Waals surface area contributed by atoms with Crippen molar-refractivity contribution in [2.75, 3.05) is 6.61 Å². The molecule has 0 aromatic heterocycles. The van der Waals surface area contributed by atoms with Gasteiger partial charge in [0, 0.05) is 0 Å². The van der Waals surface area contributed by atoms with Crippen LogP contribution in [0.4, 0.5) is 0 Å². The summed E-state index contributed by atoms with van der Waals surface area (Å²) in [7, 11) is -3.38. The summed E-state index contributed by atoms with van der Waals surface area (Å²) >= 11 is 0. The van der Waals surface area contributed by atoms with Gasteiger partial charge in [-0.3, -0.25) is 0 Å². The van der Waals surface area contributed by atoms with Gasteiger partial charge in [0.15, 0.2) is 0 Å². The molecule has 106 valence electrons. The van der Waals surface area contributed by atoms with E-state index >= 15 is 0 Å². The number of sulfonamides is 1. The largest absolute Gasteiger partial charge is 0.360 e. The maximum absolute atomic E-state index is 12.6. The highest BCUT2D eigenvalue weighted by Gasteiger charge is 2.45. The van der Waals surface area contributed by atoms with E-state index in [-0.39, 0.29) is 5.75 Å². The third-order valence-electron chi connectivity index (χ3n) is 3.50. The molecule has 1 aromatic rings. The van der Waals surface area contributed by atoms with Crippen molar-refractivity contribution in [1.82, 2.24) is 4.31 Å². The van der Waals surface area contributed by atoms with Gasteiger partial charge >= 0.3 is 0 Å². The molecule has 0 N–H and O–H groups in total. The number of hydrogen-bond donors (Lipinski definition) is 0. The minimum Gasteiger partial charge on any atom is -0.360 e. The molecule has 0 aliphatic carbocycles. The predicted octanol–water partition coefficient (Wildman–Crippen LogP) is 2.28. The Morgan fingerprint density at radius 2 is 2.00 bits per heavy atom. The number of nitrogens with zero attached hydrogens (tertiary/aromatic N) is 1. The van der Waals surface area contributed by atoms with Gasteiger partial charge in [-0.2, -0.15) is 4.31 Å². The minimum atomic E-state index is -3.38. The summed E-state index contributed by atoms with van der Waals surface area (Å²) in [5.74, 6) is 0.0246. The Morgan fingerprint density at radius 1 is 1.37 bits per heavy atom. The van der Waals surface area contributed by atoms with Crippen molar-refractivity contribution >= 4 is 10.0 Å². The summed E-state index contributed by atoms with van der Waals surface area (Å²) in [4.78, 5) is 0. The average Bonchev–Trinajstić information content (AvgIpc) is 2.56. The number of aryl methyl sites for hydroxylation is 1. The van der Waals surface area contributed by atoms with Crippen LogP contribution in [0.1, 0.15) is 31.9 Å². The van der Waals surface area contributed by atoms with Crippen LogP contribution in [-0.4, -0.2) is 31.1 Å². The lowest BCUT2D eigenvalue weighted by Crippen LogP contribution is -2.47. The molecule has 0 bridgehead atoms. The molecule has 5 heteroatoms. The Morgan fingerprint density at radius 3 is 2.53 bits per heavy atom. The Hall–Kier alpha value is -0.910. The first-order valence-corrected chi connectivity index (χ1v) is 8.03. The van der Waals surface area contributed by atoms with Gasteiger partial charge in [0.2, 0.25) is 10.0 Å². The summed E-state index contributed by atoms with van der Waals surface area (Å²) < 4.78 is 32.2. The number of ether oxygens (including phenoxy) is 1. The summed E-state index contributed by atoms with van der Waals surface area (Å²) in [6.07, 6.45) is -0.399. The van der Waals surface area contributed by atoms with Gasteiger partial charge in [-0.05, 0) is 38.8 Å². The molecule has 0 saturated carbocycles. The molecule has 19 heavy (non-hydrogen) atoms. The molecule has 1 fully saturated rings. The standard InChI is InChI=1S/C14H21NO3S/c1-11-7-5-6-8-13(11)9-19(16,17)15-12(2)18-10-14(15,3)4/h5-8,12H,9-10H2,1-4H3. The summed E-state index contributed by atoms with van der Waals surface area (Å²) in [5, 5.41) is 0. The van der Waals surface area contributed by atoms with Crippen molar-refractivity contribution in [3.8, 4) is 0 Å². The molecule has 4 nitrogen and oxygen atoms in total. The Kier molecular flexibility index (Phi) is 3.73. The quantitative estimate of drug-likeness (QED) is 0.855. The van der Waals surface area contributed by atoms with Crippen LogP contribution in [0.15, 0.2) is 24.3 Å². The fourth-order valence-electron chi connectivity index (χ4n) is 2.59. The molecular weight excluding hydrogens is 262 g/mol. The highest BCUT2D eigenvalue weighted by Crippen LogP contribution is 2.31. The Balaban J connectivity index is 2.31. The van der Waals surface area contributed by atoms with E-state index in [9.17, 15) is 8.42 Å². The Labute approximate surface area is 115 Å². The van der Waals surface area contributed by atoms with Gasteiger partial charge in [-0.25, -0.2) is 8.42 Å². The van der Waals surface area contributed by atoms with Crippen LogP contribution >= 0.6 is 0 Å². The van der Waals surface area contributed by atoms with Crippen molar-refractivity contribution < 1.29 is 13.2 Å². The van der Waals surface area contributed by atoms with Gasteiger partial charge < -0.3 is 4.74 Å². The van der Waals surface area contributed by atoms with E-state index in [4.69, 9.17) is 4.74 Å². The molecule has 1 atom stereocenters. The molecular formula is C14H21NO3S. The lowest BCUT2D eigenvalue weighted by atomic mass is 10.1. The van der Waals surface area contributed by atoms with E-state index in [0.717, 1.165) is 11.1 Å². The van der Waals surface area contributed by atoms with Crippen molar-refractivity contribution in [3.05, 3.63) is 35.4 Å². The Bertz CT molecular complexity index is 566. The minimum absolute atomic E-state index is 0.0246. The number of benzene rings is 1. The zero-order valence-corrected chi connectivity index (χ0v) is 12.7. The van der Waals surface area contributed by atoms with Crippen molar-refractivity contribution in [1.29, 1.82) is 0 Å². The second-order valence-corrected chi connectivity index (χ2v) is 7.55. The van der Waals surface area contributed by atoms with Crippen molar-refractivity contribution in [2.45, 2.75) is 45.2 Å². The average molecular weight is 283 g/mol. The SMILES string of the molecule is Cc1ccccc1CS(=O)(=O)N1C(C)OCC1(C)C. The van der Waals surface area contributed by atoms with Crippen LogP contribution in [0.5, 0.6) is 0 Å². The van der Waals surface area contributed by atoms with Gasteiger partial charge in [0.05, 0.1) is 17.9 Å². The van der Waals surface area contributed by atoms with Crippen LogP contribution in [0.25, 0.3) is 0 Å². The first kappa shape index (κ1) is 14.5. The van der Waals surface area contributed by atoms with Crippen LogP contribution < -0.4 is 0 Å². The fraction of sp³-hybridized carbons (Fsp3) is 0.571. The number of rotatable bonds is 3. The van der Waals surface area contributed by atoms with E-state index in [0.29, 0.717) is 6.61 Å². The molecule has 2 rings (SSSR count). The van der Waals surface area contributed by atoms with E-state index in [1.807, 2.05) is 45.0 Å². The molecule has 1 aliphatic heterocycles. The van der Waals surface area contributed by atoms with E-state index < -0.39 is 21.8 Å². The first-order chi connectivity index (χ1) is 8.74. The highest BCUT2D eigenvalue weighted by molar-refractivity contribution is 7.88. The van der Waals surface area contributed by atoms with Gasteiger partial charge in [0.25, 0.3) is 0 Å². The molecule has 1 aromatic carbocycles. The van der Waals surface area contributed by atoms with Gasteiger partial charge in [0.1, 0.15) is 6.23 Å². The fourth-order valence-corrected chi connectivity index (χ4v) is 4.76. The first-order valence-electron chi connectivity index (χ1n) is 6.42. The maximum Gasteiger partial charge on any atom is 0.221 e. The van der Waals surface area contributed by atoms with Gasteiger partial charge in [-0.15, -0.1) is 0 Å². The van der Waals surface area contributed by atoms with E-state index in [1.54, 1.807) is 6.92 Å². The summed E-state index contributed by atoms with van der Waals surface area (Å²) in [6, 6.07) is 7.57. The predicted molar refractivity (Wildman–Crippen MR) is 75.1 cm³/mol. The highest BCUT2D eigenvalue weighted by atomic mass is 32.2. The van der Waals surface area contributed by atoms with Gasteiger partial charge in [-0.1, -0.05) is 24.3 Å². The monoisotopic (exact) mass is 283 g/mol. The number of hydrogen-bond acceptors (Lipinski definition) is 3. The second-order valence-electron chi connectivity index (χ2n) is 5.70. The molecule has 1 saturated heterocycles. The lowest BCUT2D eigenvalue weighted by Gasteiger charge is -2.31. The van der Waals surface area contributed by atoms with Crippen molar-refractivity contribution in [3.63, 3.8) is 0 Å². The smallest absolute Gasteiger partial charge is 0.221 e. The van der Waals surface area contributed by atoms with Crippen LogP contribution in [0.3, 0.4) is 0 Å². The third kappa shape index (κ3) is 2.83.